The van der Waals surface area contributed by atoms with Crippen LogP contribution < -0.4 is 10.2 Å². The van der Waals surface area contributed by atoms with Gasteiger partial charge < -0.3 is 5.32 Å². The van der Waals surface area contributed by atoms with Gasteiger partial charge >= 0.3 is 6.03 Å². The molecule has 2 aromatic carbocycles. The molecule has 2 N–H and O–H groups in total. The highest BCUT2D eigenvalue weighted by atomic mass is 32.2. The van der Waals surface area contributed by atoms with E-state index in [0.717, 1.165) is 0 Å². The van der Waals surface area contributed by atoms with Crippen LogP contribution in [0.4, 0.5) is 16.2 Å². The molecule has 0 spiro atoms. The minimum atomic E-state index is -4.51. The van der Waals surface area contributed by atoms with Crippen molar-refractivity contribution in [3.8, 4) is 11.1 Å². The van der Waals surface area contributed by atoms with Crippen LogP contribution in [0.1, 0.15) is 0 Å². The number of carbonyl (C=O) groups is 1. The van der Waals surface area contributed by atoms with Crippen molar-refractivity contribution in [2.45, 2.75) is 4.90 Å². The number of nitrogens with one attached hydrogen (secondary N) is 1. The molecule has 0 bridgehead atoms. The SMILES string of the molecule is O=C1NCCN1c1ccc(S(=O)(=O)O)c(-c2ccc([N+](=O)[O-])cc2)c1. The van der Waals surface area contributed by atoms with Crippen molar-refractivity contribution < 1.29 is 22.7 Å². The second-order valence-electron chi connectivity index (χ2n) is 5.34. The summed E-state index contributed by atoms with van der Waals surface area (Å²) in [5.74, 6) is 0. The maximum Gasteiger partial charge on any atom is 0.321 e. The number of nitro groups is 1. The van der Waals surface area contributed by atoms with E-state index in [1.54, 1.807) is 0 Å². The third-order valence-electron chi connectivity index (χ3n) is 3.80. The van der Waals surface area contributed by atoms with E-state index in [2.05, 4.69) is 5.32 Å². The Morgan fingerprint density at radius 1 is 1.16 bits per heavy atom. The maximum atomic E-state index is 11.8. The predicted molar refractivity (Wildman–Crippen MR) is 89.1 cm³/mol. The van der Waals surface area contributed by atoms with Crippen molar-refractivity contribution >= 4 is 27.5 Å². The highest BCUT2D eigenvalue weighted by Gasteiger charge is 2.24. The first-order chi connectivity index (χ1) is 11.8. The lowest BCUT2D eigenvalue weighted by molar-refractivity contribution is -0.384. The number of rotatable bonds is 4. The number of anilines is 1. The Labute approximate surface area is 142 Å². The second kappa shape index (κ2) is 6.15. The fourth-order valence-electron chi connectivity index (χ4n) is 2.62. The summed E-state index contributed by atoms with van der Waals surface area (Å²) >= 11 is 0. The van der Waals surface area contributed by atoms with Gasteiger partial charge in [-0.15, -0.1) is 0 Å². The molecule has 2 aromatic rings. The first kappa shape index (κ1) is 16.9. The van der Waals surface area contributed by atoms with E-state index in [4.69, 9.17) is 0 Å². The molecule has 0 aliphatic carbocycles. The number of nitrogens with zero attached hydrogens (tertiary/aromatic N) is 2. The van der Waals surface area contributed by atoms with Gasteiger partial charge in [0.05, 0.1) is 4.92 Å². The Kier molecular flexibility index (Phi) is 4.15. The minimum absolute atomic E-state index is 0.146. The van der Waals surface area contributed by atoms with Crippen molar-refractivity contribution in [1.82, 2.24) is 5.32 Å². The standard InChI is InChI=1S/C15H13N3O6S/c19-15-16-7-8-17(15)12-5-6-14(25(22,23)24)13(9-12)10-1-3-11(4-2-10)18(20)21/h1-6,9H,7-8H2,(H,16,19)(H,22,23,24). The fourth-order valence-corrected chi connectivity index (χ4v) is 3.31. The zero-order chi connectivity index (χ0) is 18.2. The summed E-state index contributed by atoms with van der Waals surface area (Å²) in [4.78, 5) is 23.1. The number of non-ortho nitro benzene ring substituents is 1. The van der Waals surface area contributed by atoms with Crippen LogP contribution in [0.2, 0.25) is 0 Å². The molecule has 1 saturated heterocycles. The van der Waals surface area contributed by atoms with Gasteiger partial charge in [-0.25, -0.2) is 4.79 Å². The first-order valence-electron chi connectivity index (χ1n) is 7.19. The first-order valence-corrected chi connectivity index (χ1v) is 8.63. The van der Waals surface area contributed by atoms with Crippen LogP contribution in [0.5, 0.6) is 0 Å². The third-order valence-corrected chi connectivity index (χ3v) is 4.71. The Morgan fingerprint density at radius 2 is 1.84 bits per heavy atom. The van der Waals surface area contributed by atoms with Crippen molar-refractivity contribution in [1.29, 1.82) is 0 Å². The van der Waals surface area contributed by atoms with Gasteiger partial charge in [-0.2, -0.15) is 8.42 Å². The number of carbonyl (C=O) groups excluding carboxylic acids is 1. The Hall–Kier alpha value is -2.98. The zero-order valence-corrected chi connectivity index (χ0v) is 13.6. The molecule has 130 valence electrons. The van der Waals surface area contributed by atoms with Crippen molar-refractivity contribution in [3.05, 3.63) is 52.6 Å². The maximum absolute atomic E-state index is 11.8. The molecule has 1 fully saturated rings. The summed E-state index contributed by atoms with van der Waals surface area (Å²) in [6.07, 6.45) is 0. The lowest BCUT2D eigenvalue weighted by Crippen LogP contribution is -2.27. The number of hydrogen-bond acceptors (Lipinski definition) is 5. The quantitative estimate of drug-likeness (QED) is 0.486. The van der Waals surface area contributed by atoms with Gasteiger partial charge in [0.1, 0.15) is 4.90 Å². The van der Waals surface area contributed by atoms with E-state index in [9.17, 15) is 27.9 Å². The topological polar surface area (TPSA) is 130 Å². The predicted octanol–water partition coefficient (Wildman–Crippen LogP) is 2.04. The minimum Gasteiger partial charge on any atom is -0.336 e. The Morgan fingerprint density at radius 3 is 2.36 bits per heavy atom. The van der Waals surface area contributed by atoms with Crippen molar-refractivity contribution in [2.75, 3.05) is 18.0 Å². The van der Waals surface area contributed by atoms with Gasteiger partial charge in [-0.1, -0.05) is 0 Å². The zero-order valence-electron chi connectivity index (χ0n) is 12.7. The van der Waals surface area contributed by atoms with Crippen LogP contribution in [0.3, 0.4) is 0 Å². The molecule has 0 atom stereocenters. The molecule has 3 rings (SSSR count). The molecule has 25 heavy (non-hydrogen) atoms. The molecule has 0 saturated carbocycles. The molecule has 1 heterocycles. The molecule has 10 heteroatoms. The van der Waals surface area contributed by atoms with Gasteiger partial charge in [-0.05, 0) is 35.9 Å². The van der Waals surface area contributed by atoms with Gasteiger partial charge in [0.15, 0.2) is 0 Å². The van der Waals surface area contributed by atoms with Gasteiger partial charge in [0, 0.05) is 36.5 Å². The van der Waals surface area contributed by atoms with E-state index in [-0.39, 0.29) is 22.2 Å². The molecule has 1 aliphatic heterocycles. The molecule has 1 aliphatic rings. The fraction of sp³-hybridized carbons (Fsp3) is 0.133. The van der Waals surface area contributed by atoms with Crippen LogP contribution in [0.15, 0.2) is 47.4 Å². The van der Waals surface area contributed by atoms with Crippen LogP contribution >= 0.6 is 0 Å². The summed E-state index contributed by atoms with van der Waals surface area (Å²) in [5, 5.41) is 13.4. The third kappa shape index (κ3) is 3.30. The van der Waals surface area contributed by atoms with Crippen molar-refractivity contribution in [3.63, 3.8) is 0 Å². The summed E-state index contributed by atoms with van der Waals surface area (Å²) < 4.78 is 32.8. The van der Waals surface area contributed by atoms with Crippen LogP contribution in [-0.4, -0.2) is 37.0 Å². The summed E-state index contributed by atoms with van der Waals surface area (Å²) in [6, 6.07) is 9.00. The largest absolute Gasteiger partial charge is 0.336 e. The van der Waals surface area contributed by atoms with E-state index in [0.29, 0.717) is 24.3 Å². The summed E-state index contributed by atoms with van der Waals surface area (Å²) in [5.41, 5.74) is 0.817. The van der Waals surface area contributed by atoms with E-state index < -0.39 is 15.0 Å². The normalized spacial score (nSPS) is 14.4. The molecular weight excluding hydrogens is 350 g/mol. The number of amides is 2. The lowest BCUT2D eigenvalue weighted by Gasteiger charge is -2.17. The Bertz CT molecular complexity index is 956. The number of urea groups is 1. The molecule has 0 unspecified atom stereocenters. The van der Waals surface area contributed by atoms with E-state index in [1.807, 2.05) is 0 Å². The second-order valence-corrected chi connectivity index (χ2v) is 6.73. The Balaban J connectivity index is 2.14. The number of nitro benzene ring substituents is 1. The number of benzene rings is 2. The molecule has 0 aromatic heterocycles. The smallest absolute Gasteiger partial charge is 0.321 e. The number of hydrogen-bond donors (Lipinski definition) is 2. The van der Waals surface area contributed by atoms with Crippen LogP contribution in [0, 0.1) is 10.1 Å². The van der Waals surface area contributed by atoms with Gasteiger partial charge in [0.2, 0.25) is 0 Å². The highest BCUT2D eigenvalue weighted by Crippen LogP contribution is 2.33. The monoisotopic (exact) mass is 363 g/mol. The highest BCUT2D eigenvalue weighted by molar-refractivity contribution is 7.86. The van der Waals surface area contributed by atoms with Gasteiger partial charge in [-0.3, -0.25) is 19.6 Å². The summed E-state index contributed by atoms with van der Waals surface area (Å²) in [6.45, 7) is 0.884. The van der Waals surface area contributed by atoms with Gasteiger partial charge in [0.25, 0.3) is 15.8 Å². The average Bonchev–Trinajstić information content (AvgIpc) is 2.99. The molecule has 0 radical (unpaired) electrons. The molecule has 9 nitrogen and oxygen atoms in total. The van der Waals surface area contributed by atoms with Crippen molar-refractivity contribution in [2.24, 2.45) is 0 Å². The summed E-state index contributed by atoms with van der Waals surface area (Å²) in [7, 11) is -4.51. The average molecular weight is 363 g/mol. The van der Waals surface area contributed by atoms with E-state index >= 15 is 0 Å². The lowest BCUT2D eigenvalue weighted by atomic mass is 10.0. The van der Waals surface area contributed by atoms with E-state index in [1.165, 1.54) is 47.4 Å². The molecular formula is C15H13N3O6S. The van der Waals surface area contributed by atoms with Crippen LogP contribution in [0.25, 0.3) is 11.1 Å². The van der Waals surface area contributed by atoms with Crippen LogP contribution in [-0.2, 0) is 10.1 Å². The molecule has 2 amide bonds.